The number of carbonyl (C=O) groups is 1. The largest absolute Gasteiger partial charge is 0.467 e. The number of anilines is 1. The molecular formula is C17H18N4O2S2. The second-order valence-electron chi connectivity index (χ2n) is 5.27. The van der Waals surface area contributed by atoms with Crippen molar-refractivity contribution in [3.8, 4) is 0 Å². The van der Waals surface area contributed by atoms with Crippen molar-refractivity contribution in [1.29, 1.82) is 0 Å². The topological polar surface area (TPSA) is 80.0 Å². The number of furan rings is 1. The van der Waals surface area contributed by atoms with E-state index in [1.54, 1.807) is 12.3 Å². The van der Waals surface area contributed by atoms with Gasteiger partial charge in [0.25, 0.3) is 0 Å². The number of nitrogens with zero attached hydrogens (tertiary/aromatic N) is 2. The van der Waals surface area contributed by atoms with Crippen molar-refractivity contribution in [2.45, 2.75) is 29.6 Å². The fraction of sp³-hybridized carbons (Fsp3) is 0.235. The van der Waals surface area contributed by atoms with Gasteiger partial charge in [0.05, 0.1) is 18.1 Å². The van der Waals surface area contributed by atoms with Crippen LogP contribution in [0.15, 0.2) is 57.5 Å². The van der Waals surface area contributed by atoms with Crippen molar-refractivity contribution in [1.82, 2.24) is 15.5 Å². The van der Waals surface area contributed by atoms with E-state index < -0.39 is 0 Å². The van der Waals surface area contributed by atoms with Gasteiger partial charge in [0.2, 0.25) is 11.0 Å². The zero-order valence-corrected chi connectivity index (χ0v) is 15.3. The summed E-state index contributed by atoms with van der Waals surface area (Å²) < 4.78 is 5.96. The first-order chi connectivity index (χ1) is 12.2. The minimum Gasteiger partial charge on any atom is -0.467 e. The second-order valence-corrected chi connectivity index (χ2v) is 7.83. The lowest BCUT2D eigenvalue weighted by atomic mass is 10.2. The standard InChI is InChI=1S/C17H18N4O2S2/c1-12(15(22)18-11-14-8-5-9-23-14)24-17-21-20-16(25-17)19-10-13-6-3-2-4-7-13/h2-9,12H,10-11H2,1H3,(H,18,22)(H,19,20)/t12-/m1/s1. The molecule has 2 heterocycles. The Hall–Kier alpha value is -2.32. The fourth-order valence-electron chi connectivity index (χ4n) is 2.04. The highest BCUT2D eigenvalue weighted by molar-refractivity contribution is 8.02. The Morgan fingerprint density at radius 2 is 2.04 bits per heavy atom. The molecule has 0 saturated carbocycles. The molecule has 0 saturated heterocycles. The summed E-state index contributed by atoms with van der Waals surface area (Å²) in [5.74, 6) is 0.671. The lowest BCUT2D eigenvalue weighted by molar-refractivity contribution is -0.120. The third-order valence-corrected chi connectivity index (χ3v) is 5.42. The Balaban J connectivity index is 1.46. The molecule has 0 unspecified atom stereocenters. The molecule has 130 valence electrons. The summed E-state index contributed by atoms with van der Waals surface area (Å²) >= 11 is 2.84. The molecule has 0 aliphatic heterocycles. The Kier molecular flexibility index (Phi) is 6.08. The lowest BCUT2D eigenvalue weighted by Crippen LogP contribution is -2.30. The van der Waals surface area contributed by atoms with Crippen LogP contribution in [0.2, 0.25) is 0 Å². The number of rotatable bonds is 8. The molecule has 2 N–H and O–H groups in total. The van der Waals surface area contributed by atoms with E-state index in [2.05, 4.69) is 33.0 Å². The van der Waals surface area contributed by atoms with E-state index in [1.165, 1.54) is 28.7 Å². The average molecular weight is 374 g/mol. The van der Waals surface area contributed by atoms with Gasteiger partial charge in [-0.2, -0.15) is 0 Å². The molecule has 25 heavy (non-hydrogen) atoms. The SMILES string of the molecule is C[C@@H](Sc1nnc(NCc2ccccc2)s1)C(=O)NCc1ccco1. The summed E-state index contributed by atoms with van der Waals surface area (Å²) in [6.07, 6.45) is 1.59. The molecule has 0 fully saturated rings. The molecule has 3 aromatic rings. The molecule has 0 spiro atoms. The molecule has 2 aromatic heterocycles. The van der Waals surface area contributed by atoms with Crippen LogP contribution < -0.4 is 10.6 Å². The van der Waals surface area contributed by atoms with Crippen molar-refractivity contribution >= 4 is 34.1 Å². The summed E-state index contributed by atoms with van der Waals surface area (Å²) in [4.78, 5) is 12.1. The van der Waals surface area contributed by atoms with Crippen molar-refractivity contribution in [3.63, 3.8) is 0 Å². The Morgan fingerprint density at radius 1 is 1.20 bits per heavy atom. The quantitative estimate of drug-likeness (QED) is 0.587. The summed E-state index contributed by atoms with van der Waals surface area (Å²) in [6.45, 7) is 2.93. The number of hydrogen-bond acceptors (Lipinski definition) is 7. The van der Waals surface area contributed by atoms with Crippen LogP contribution in [-0.4, -0.2) is 21.4 Å². The predicted molar refractivity (Wildman–Crippen MR) is 99.6 cm³/mol. The van der Waals surface area contributed by atoms with E-state index in [4.69, 9.17) is 4.42 Å². The number of hydrogen-bond donors (Lipinski definition) is 2. The van der Waals surface area contributed by atoms with E-state index in [0.717, 1.165) is 15.2 Å². The van der Waals surface area contributed by atoms with Crippen LogP contribution >= 0.6 is 23.1 Å². The predicted octanol–water partition coefficient (Wildman–Crippen LogP) is 3.54. The van der Waals surface area contributed by atoms with Crippen LogP contribution in [0.25, 0.3) is 0 Å². The zero-order chi connectivity index (χ0) is 17.5. The number of benzene rings is 1. The second kappa shape index (κ2) is 8.68. The minimum atomic E-state index is -0.259. The first-order valence-electron chi connectivity index (χ1n) is 7.79. The molecule has 1 amide bonds. The maximum absolute atomic E-state index is 12.1. The zero-order valence-electron chi connectivity index (χ0n) is 13.6. The van der Waals surface area contributed by atoms with Crippen molar-refractivity contribution in [3.05, 3.63) is 60.1 Å². The van der Waals surface area contributed by atoms with Crippen LogP contribution in [0.5, 0.6) is 0 Å². The van der Waals surface area contributed by atoms with Gasteiger partial charge in [0.15, 0.2) is 4.34 Å². The van der Waals surface area contributed by atoms with Gasteiger partial charge in [-0.3, -0.25) is 4.79 Å². The summed E-state index contributed by atoms with van der Waals surface area (Å²) in [5, 5.41) is 14.8. The molecule has 6 nitrogen and oxygen atoms in total. The maximum Gasteiger partial charge on any atom is 0.233 e. The highest BCUT2D eigenvalue weighted by Gasteiger charge is 2.17. The maximum atomic E-state index is 12.1. The molecule has 3 rings (SSSR count). The van der Waals surface area contributed by atoms with E-state index in [-0.39, 0.29) is 11.2 Å². The molecule has 0 radical (unpaired) electrons. The number of aromatic nitrogens is 2. The van der Waals surface area contributed by atoms with Gasteiger partial charge in [-0.1, -0.05) is 53.4 Å². The van der Waals surface area contributed by atoms with Crippen molar-refractivity contribution in [2.75, 3.05) is 5.32 Å². The van der Waals surface area contributed by atoms with E-state index in [1.807, 2.05) is 31.2 Å². The number of amides is 1. The molecule has 0 aliphatic carbocycles. The summed E-state index contributed by atoms with van der Waals surface area (Å²) in [7, 11) is 0. The smallest absolute Gasteiger partial charge is 0.233 e. The average Bonchev–Trinajstić information content (AvgIpc) is 3.30. The van der Waals surface area contributed by atoms with Gasteiger partial charge in [-0.15, -0.1) is 10.2 Å². The van der Waals surface area contributed by atoms with Crippen molar-refractivity contribution < 1.29 is 9.21 Å². The van der Waals surface area contributed by atoms with Gasteiger partial charge in [-0.05, 0) is 24.6 Å². The monoisotopic (exact) mass is 374 g/mol. The lowest BCUT2D eigenvalue weighted by Gasteiger charge is -2.08. The van der Waals surface area contributed by atoms with Crippen LogP contribution in [0.3, 0.4) is 0 Å². The first kappa shape index (κ1) is 17.5. The third-order valence-electron chi connectivity index (χ3n) is 3.36. The third kappa shape index (κ3) is 5.33. The molecule has 0 aliphatic rings. The Labute approximate surface area is 154 Å². The highest BCUT2D eigenvalue weighted by Crippen LogP contribution is 2.29. The normalized spacial score (nSPS) is 11.9. The van der Waals surface area contributed by atoms with E-state index in [9.17, 15) is 4.79 Å². The molecule has 1 aromatic carbocycles. The summed E-state index contributed by atoms with van der Waals surface area (Å²) in [5.41, 5.74) is 1.18. The van der Waals surface area contributed by atoms with E-state index in [0.29, 0.717) is 13.1 Å². The number of thioether (sulfide) groups is 1. The van der Waals surface area contributed by atoms with Gasteiger partial charge in [0, 0.05) is 6.54 Å². The molecule has 1 atom stereocenters. The number of nitrogens with one attached hydrogen (secondary N) is 2. The van der Waals surface area contributed by atoms with Gasteiger partial charge in [0.1, 0.15) is 5.76 Å². The Morgan fingerprint density at radius 3 is 2.80 bits per heavy atom. The highest BCUT2D eigenvalue weighted by atomic mass is 32.2. The Bertz CT molecular complexity index is 790. The van der Waals surface area contributed by atoms with Crippen molar-refractivity contribution in [2.24, 2.45) is 0 Å². The fourth-order valence-corrected chi connectivity index (χ4v) is 3.95. The van der Waals surface area contributed by atoms with E-state index >= 15 is 0 Å². The minimum absolute atomic E-state index is 0.0598. The number of carbonyl (C=O) groups excluding carboxylic acids is 1. The molecule has 0 bridgehead atoms. The van der Waals surface area contributed by atoms with Crippen LogP contribution in [0, 0.1) is 0 Å². The van der Waals surface area contributed by atoms with Gasteiger partial charge >= 0.3 is 0 Å². The summed E-state index contributed by atoms with van der Waals surface area (Å²) in [6, 6.07) is 13.7. The van der Waals surface area contributed by atoms with Crippen LogP contribution in [0.1, 0.15) is 18.2 Å². The first-order valence-corrected chi connectivity index (χ1v) is 9.48. The molecular weight excluding hydrogens is 356 g/mol. The molecule has 8 heteroatoms. The van der Waals surface area contributed by atoms with Gasteiger partial charge in [-0.25, -0.2) is 0 Å². The van der Waals surface area contributed by atoms with Gasteiger partial charge < -0.3 is 15.1 Å². The van der Waals surface area contributed by atoms with Crippen LogP contribution in [0.4, 0.5) is 5.13 Å². The van der Waals surface area contributed by atoms with Crippen LogP contribution in [-0.2, 0) is 17.9 Å².